The van der Waals surface area contributed by atoms with E-state index in [1.807, 2.05) is 0 Å². The number of aromatic nitrogens is 2. The van der Waals surface area contributed by atoms with Crippen LogP contribution in [0.2, 0.25) is 10.0 Å². The summed E-state index contributed by atoms with van der Waals surface area (Å²) in [4.78, 5) is 31.1. The van der Waals surface area contributed by atoms with Gasteiger partial charge in [-0.15, -0.1) is 0 Å². The first-order valence-electron chi connectivity index (χ1n) is 7.68. The predicted molar refractivity (Wildman–Crippen MR) is 107 cm³/mol. The molecule has 0 bridgehead atoms. The third-order valence-electron chi connectivity index (χ3n) is 3.71. The number of benzene rings is 2. The van der Waals surface area contributed by atoms with Crippen molar-refractivity contribution in [2.75, 3.05) is 19.8 Å². The summed E-state index contributed by atoms with van der Waals surface area (Å²) in [6.07, 6.45) is 0. The molecule has 26 heavy (non-hydrogen) atoms. The molecule has 1 aromatic heterocycles. The van der Waals surface area contributed by atoms with Gasteiger partial charge in [0.15, 0.2) is 5.16 Å². The van der Waals surface area contributed by atoms with E-state index < -0.39 is 0 Å². The van der Waals surface area contributed by atoms with E-state index in [4.69, 9.17) is 23.2 Å². The quantitative estimate of drug-likeness (QED) is 0.486. The van der Waals surface area contributed by atoms with Crippen LogP contribution in [0, 0.1) is 0 Å². The molecule has 0 saturated carbocycles. The van der Waals surface area contributed by atoms with Crippen LogP contribution in [0.25, 0.3) is 16.6 Å². The lowest BCUT2D eigenvalue weighted by Gasteiger charge is -2.14. The van der Waals surface area contributed by atoms with Gasteiger partial charge in [-0.25, -0.2) is 4.98 Å². The summed E-state index contributed by atoms with van der Waals surface area (Å²) in [5.74, 6) is 0.0946. The monoisotopic (exact) mass is 407 g/mol. The summed E-state index contributed by atoms with van der Waals surface area (Å²) >= 11 is 13.2. The molecule has 0 aliphatic rings. The molecular weight excluding hydrogens is 393 g/mol. The predicted octanol–water partition coefficient (Wildman–Crippen LogP) is 3.87. The zero-order valence-corrected chi connectivity index (χ0v) is 16.4. The van der Waals surface area contributed by atoms with Crippen LogP contribution in [-0.2, 0) is 4.79 Å². The van der Waals surface area contributed by atoms with Crippen LogP contribution in [0.3, 0.4) is 0 Å². The molecule has 0 atom stereocenters. The minimum atomic E-state index is -0.228. The Kier molecular flexibility index (Phi) is 5.55. The van der Waals surface area contributed by atoms with Gasteiger partial charge in [0.05, 0.1) is 22.3 Å². The van der Waals surface area contributed by atoms with Gasteiger partial charge in [0.1, 0.15) is 0 Å². The van der Waals surface area contributed by atoms with Crippen LogP contribution >= 0.6 is 35.0 Å². The molecule has 0 spiro atoms. The molecule has 0 radical (unpaired) electrons. The maximum atomic E-state index is 13.1. The smallest absolute Gasteiger partial charge is 0.266 e. The molecule has 0 fully saturated rings. The first kappa shape index (κ1) is 18.8. The molecule has 5 nitrogen and oxygen atoms in total. The Labute approximate surface area is 164 Å². The van der Waals surface area contributed by atoms with Crippen molar-refractivity contribution < 1.29 is 4.79 Å². The van der Waals surface area contributed by atoms with Gasteiger partial charge in [0.2, 0.25) is 5.91 Å². The fourth-order valence-electron chi connectivity index (χ4n) is 2.31. The van der Waals surface area contributed by atoms with Gasteiger partial charge in [-0.1, -0.05) is 35.0 Å². The lowest BCUT2D eigenvalue weighted by atomic mass is 10.2. The fraction of sp³-hybridized carbons (Fsp3) is 0.167. The van der Waals surface area contributed by atoms with Gasteiger partial charge in [-0.05, 0) is 42.5 Å². The van der Waals surface area contributed by atoms with Gasteiger partial charge in [-0.3, -0.25) is 14.2 Å². The average molecular weight is 408 g/mol. The summed E-state index contributed by atoms with van der Waals surface area (Å²) in [6.45, 7) is 0. The first-order valence-corrected chi connectivity index (χ1v) is 9.42. The molecule has 134 valence electrons. The number of hydrogen-bond acceptors (Lipinski definition) is 4. The van der Waals surface area contributed by atoms with Crippen LogP contribution in [0.5, 0.6) is 0 Å². The third kappa shape index (κ3) is 3.87. The molecule has 0 aliphatic carbocycles. The summed E-state index contributed by atoms with van der Waals surface area (Å²) in [6, 6.07) is 11.8. The molecule has 3 rings (SSSR count). The van der Waals surface area contributed by atoms with Crippen LogP contribution in [0.4, 0.5) is 0 Å². The van der Waals surface area contributed by atoms with E-state index in [0.717, 1.165) is 0 Å². The average Bonchev–Trinajstić information content (AvgIpc) is 2.60. The maximum Gasteiger partial charge on any atom is 0.266 e. The van der Waals surface area contributed by atoms with E-state index in [1.165, 1.54) is 21.2 Å². The Morgan fingerprint density at radius 3 is 2.42 bits per heavy atom. The minimum Gasteiger partial charge on any atom is -0.348 e. The number of halogens is 2. The van der Waals surface area contributed by atoms with E-state index in [0.29, 0.717) is 31.8 Å². The second-order valence-electron chi connectivity index (χ2n) is 5.75. The van der Waals surface area contributed by atoms with E-state index in [2.05, 4.69) is 4.98 Å². The lowest BCUT2D eigenvalue weighted by molar-refractivity contribution is -0.125. The highest BCUT2D eigenvalue weighted by Gasteiger charge is 2.15. The van der Waals surface area contributed by atoms with Gasteiger partial charge in [-0.2, -0.15) is 0 Å². The lowest BCUT2D eigenvalue weighted by Crippen LogP contribution is -2.25. The largest absolute Gasteiger partial charge is 0.348 e. The fourth-order valence-corrected chi connectivity index (χ4v) is 3.59. The Hall–Kier alpha value is -2.02. The Morgan fingerprint density at radius 2 is 1.77 bits per heavy atom. The summed E-state index contributed by atoms with van der Waals surface area (Å²) in [5, 5.41) is 1.93. The number of carbonyl (C=O) groups is 1. The van der Waals surface area contributed by atoms with Gasteiger partial charge >= 0.3 is 0 Å². The van der Waals surface area contributed by atoms with Crippen LogP contribution in [0.15, 0.2) is 52.4 Å². The van der Waals surface area contributed by atoms with E-state index >= 15 is 0 Å². The zero-order valence-electron chi connectivity index (χ0n) is 14.1. The van der Waals surface area contributed by atoms with Crippen molar-refractivity contribution in [2.24, 2.45) is 0 Å². The number of thioether (sulfide) groups is 1. The molecular formula is C18H15Cl2N3O2S. The molecule has 8 heteroatoms. The molecule has 0 N–H and O–H groups in total. The van der Waals surface area contributed by atoms with E-state index in [9.17, 15) is 9.59 Å². The van der Waals surface area contributed by atoms with E-state index in [-0.39, 0.29) is 17.2 Å². The molecule has 2 aromatic carbocycles. The van der Waals surface area contributed by atoms with Crippen LogP contribution in [0.1, 0.15) is 0 Å². The maximum absolute atomic E-state index is 13.1. The standard InChI is InChI=1S/C18H15Cl2N3O2S/c1-22(2)16(24)10-26-18-21-15-9-12(20)5-8-14(15)17(25)23(18)13-6-3-11(19)4-7-13/h3-9H,10H2,1-2H3. The van der Waals surface area contributed by atoms with Crippen molar-refractivity contribution in [3.05, 3.63) is 62.9 Å². The second-order valence-corrected chi connectivity index (χ2v) is 7.57. The van der Waals surface area contributed by atoms with Gasteiger partial charge < -0.3 is 4.90 Å². The molecule has 1 heterocycles. The van der Waals surface area contributed by atoms with Crippen molar-refractivity contribution in [2.45, 2.75) is 5.16 Å². The third-order valence-corrected chi connectivity index (χ3v) is 5.12. The summed E-state index contributed by atoms with van der Waals surface area (Å²) in [5.41, 5.74) is 0.893. The van der Waals surface area contributed by atoms with Crippen molar-refractivity contribution >= 4 is 51.8 Å². The van der Waals surface area contributed by atoms with Crippen LogP contribution < -0.4 is 5.56 Å². The molecule has 0 unspecified atom stereocenters. The topological polar surface area (TPSA) is 55.2 Å². The van der Waals surface area contributed by atoms with Crippen LogP contribution in [-0.4, -0.2) is 40.2 Å². The molecule has 3 aromatic rings. The van der Waals surface area contributed by atoms with Gasteiger partial charge in [0, 0.05) is 24.1 Å². The highest BCUT2D eigenvalue weighted by Crippen LogP contribution is 2.24. The number of carbonyl (C=O) groups excluding carboxylic acids is 1. The number of amides is 1. The first-order chi connectivity index (χ1) is 12.4. The SMILES string of the molecule is CN(C)C(=O)CSc1nc2cc(Cl)ccc2c(=O)n1-c1ccc(Cl)cc1. The van der Waals surface area contributed by atoms with E-state index in [1.54, 1.807) is 56.6 Å². The van der Waals surface area contributed by atoms with Crippen molar-refractivity contribution in [3.8, 4) is 5.69 Å². The highest BCUT2D eigenvalue weighted by atomic mass is 35.5. The number of fused-ring (bicyclic) bond motifs is 1. The number of hydrogen-bond donors (Lipinski definition) is 0. The van der Waals surface area contributed by atoms with Crippen molar-refractivity contribution in [1.29, 1.82) is 0 Å². The molecule has 0 saturated heterocycles. The van der Waals surface area contributed by atoms with Crippen molar-refractivity contribution in [3.63, 3.8) is 0 Å². The number of rotatable bonds is 4. The number of nitrogens with zero attached hydrogens (tertiary/aromatic N) is 3. The Bertz CT molecular complexity index is 1030. The summed E-state index contributed by atoms with van der Waals surface area (Å²) < 4.78 is 1.49. The highest BCUT2D eigenvalue weighted by molar-refractivity contribution is 7.99. The molecule has 1 amide bonds. The summed E-state index contributed by atoms with van der Waals surface area (Å²) in [7, 11) is 3.37. The van der Waals surface area contributed by atoms with Crippen molar-refractivity contribution in [1.82, 2.24) is 14.5 Å². The zero-order chi connectivity index (χ0) is 18.8. The Balaban J connectivity index is 2.18. The van der Waals surface area contributed by atoms with Gasteiger partial charge in [0.25, 0.3) is 5.56 Å². The normalized spacial score (nSPS) is 10.9. The minimum absolute atomic E-state index is 0.0712. The Morgan fingerprint density at radius 1 is 1.12 bits per heavy atom. The second kappa shape index (κ2) is 7.70. The molecule has 0 aliphatic heterocycles.